The van der Waals surface area contributed by atoms with Gasteiger partial charge in [0.15, 0.2) is 0 Å². The van der Waals surface area contributed by atoms with E-state index in [0.717, 1.165) is 38.5 Å². The van der Waals surface area contributed by atoms with Crippen LogP contribution in [0.5, 0.6) is 5.75 Å². The highest BCUT2D eigenvalue weighted by Gasteiger charge is 2.09. The molecule has 5 heteroatoms. The summed E-state index contributed by atoms with van der Waals surface area (Å²) in [5, 5.41) is 1.21. The summed E-state index contributed by atoms with van der Waals surface area (Å²) in [5.74, 6) is 0.717. The van der Waals surface area contributed by atoms with Crippen LogP contribution in [0.25, 0.3) is 0 Å². The van der Waals surface area contributed by atoms with Crippen molar-refractivity contribution in [1.82, 2.24) is 4.90 Å². The summed E-state index contributed by atoms with van der Waals surface area (Å²) in [7, 11) is 0. The smallest absolute Gasteiger partial charge is 0.137 e. The molecule has 1 aromatic rings. The lowest BCUT2D eigenvalue weighted by Gasteiger charge is -2.26. The first-order valence-corrected chi connectivity index (χ1v) is 8.39. The maximum atomic E-state index is 6.05. The van der Waals surface area contributed by atoms with E-state index in [9.17, 15) is 0 Å². The van der Waals surface area contributed by atoms with Crippen LogP contribution in [0.15, 0.2) is 18.2 Å². The van der Waals surface area contributed by atoms with Crippen molar-refractivity contribution < 1.29 is 9.47 Å². The Morgan fingerprint density at radius 1 is 1.05 bits per heavy atom. The van der Waals surface area contributed by atoms with Gasteiger partial charge in [-0.1, -0.05) is 36.0 Å². The van der Waals surface area contributed by atoms with E-state index in [2.05, 4.69) is 4.90 Å². The number of rotatable bonds is 8. The molecule has 3 nitrogen and oxygen atoms in total. The molecule has 1 fully saturated rings. The summed E-state index contributed by atoms with van der Waals surface area (Å²) < 4.78 is 11.0. The number of unbranched alkanes of at least 4 members (excludes halogenated alkanes) is 3. The normalized spacial score (nSPS) is 16.1. The van der Waals surface area contributed by atoms with Crippen molar-refractivity contribution in [1.29, 1.82) is 0 Å². The van der Waals surface area contributed by atoms with Gasteiger partial charge in [0.05, 0.1) is 24.8 Å². The first-order chi connectivity index (χ1) is 10.3. The van der Waals surface area contributed by atoms with E-state index in [1.54, 1.807) is 12.1 Å². The molecule has 2 rings (SSSR count). The maximum absolute atomic E-state index is 6.05. The Hall–Kier alpha value is -0.480. The molecule has 0 spiro atoms. The zero-order valence-electron chi connectivity index (χ0n) is 12.3. The number of nitrogens with zero attached hydrogens (tertiary/aromatic N) is 1. The van der Waals surface area contributed by atoms with Gasteiger partial charge in [0.25, 0.3) is 0 Å². The van der Waals surface area contributed by atoms with Crippen molar-refractivity contribution in [3.05, 3.63) is 28.2 Å². The second-order valence-corrected chi connectivity index (χ2v) is 6.14. The van der Waals surface area contributed by atoms with E-state index in [-0.39, 0.29) is 0 Å². The molecular weight excluding hydrogens is 309 g/mol. The minimum absolute atomic E-state index is 0.579. The van der Waals surface area contributed by atoms with E-state index < -0.39 is 0 Å². The molecule has 1 aliphatic rings. The third-order valence-electron chi connectivity index (χ3n) is 3.62. The lowest BCUT2D eigenvalue weighted by molar-refractivity contribution is 0.0371. The zero-order valence-corrected chi connectivity index (χ0v) is 13.8. The molecule has 118 valence electrons. The van der Waals surface area contributed by atoms with E-state index in [1.807, 2.05) is 6.07 Å². The lowest BCUT2D eigenvalue weighted by atomic mass is 10.2. The summed E-state index contributed by atoms with van der Waals surface area (Å²) in [6.07, 6.45) is 4.74. The van der Waals surface area contributed by atoms with Gasteiger partial charge in [0.1, 0.15) is 5.75 Å². The lowest BCUT2D eigenvalue weighted by Crippen LogP contribution is -2.36. The molecular formula is C16H23Cl2NO2. The predicted molar refractivity (Wildman–Crippen MR) is 87.7 cm³/mol. The highest BCUT2D eigenvalue weighted by atomic mass is 35.5. The average molecular weight is 332 g/mol. The summed E-state index contributed by atoms with van der Waals surface area (Å²) in [5.41, 5.74) is 0. The number of ether oxygens (including phenoxy) is 2. The van der Waals surface area contributed by atoms with Gasteiger partial charge in [-0.3, -0.25) is 4.90 Å². The third kappa shape index (κ3) is 6.43. The molecule has 0 N–H and O–H groups in total. The molecule has 0 amide bonds. The van der Waals surface area contributed by atoms with Crippen molar-refractivity contribution in [2.45, 2.75) is 25.7 Å². The fourth-order valence-electron chi connectivity index (χ4n) is 2.39. The molecule has 1 aliphatic heterocycles. The van der Waals surface area contributed by atoms with E-state index >= 15 is 0 Å². The predicted octanol–water partition coefficient (Wildman–Crippen LogP) is 4.26. The van der Waals surface area contributed by atoms with E-state index in [0.29, 0.717) is 16.7 Å². The Labute approximate surface area is 137 Å². The Bertz CT molecular complexity index is 423. The molecule has 0 atom stereocenters. The van der Waals surface area contributed by atoms with Gasteiger partial charge in [-0.2, -0.15) is 0 Å². The Balaban J connectivity index is 1.50. The first kappa shape index (κ1) is 16.9. The summed E-state index contributed by atoms with van der Waals surface area (Å²) in [4.78, 5) is 2.48. The SMILES string of the molecule is Clc1ccc(OCCCCCCN2CCOCC2)c(Cl)c1. The number of morpholine rings is 1. The van der Waals surface area contributed by atoms with Gasteiger partial charge in [-0.15, -0.1) is 0 Å². The van der Waals surface area contributed by atoms with Crippen LogP contribution in [0.1, 0.15) is 25.7 Å². The van der Waals surface area contributed by atoms with Gasteiger partial charge in [-0.05, 0) is 37.6 Å². The van der Waals surface area contributed by atoms with Crippen molar-refractivity contribution in [3.63, 3.8) is 0 Å². The first-order valence-electron chi connectivity index (χ1n) is 7.63. The van der Waals surface area contributed by atoms with E-state index in [1.165, 1.54) is 25.8 Å². The Morgan fingerprint density at radius 2 is 1.81 bits per heavy atom. The van der Waals surface area contributed by atoms with Crippen LogP contribution in [0, 0.1) is 0 Å². The van der Waals surface area contributed by atoms with Gasteiger partial charge in [0, 0.05) is 18.1 Å². The van der Waals surface area contributed by atoms with Crippen LogP contribution in [0.3, 0.4) is 0 Å². The molecule has 0 saturated carbocycles. The third-order valence-corrected chi connectivity index (χ3v) is 4.15. The van der Waals surface area contributed by atoms with Gasteiger partial charge < -0.3 is 9.47 Å². The number of hydrogen-bond donors (Lipinski definition) is 0. The second-order valence-electron chi connectivity index (χ2n) is 5.29. The summed E-state index contributed by atoms with van der Waals surface area (Å²) >= 11 is 11.9. The quantitative estimate of drug-likeness (QED) is 0.664. The van der Waals surface area contributed by atoms with Crippen LogP contribution in [-0.4, -0.2) is 44.4 Å². The molecule has 0 unspecified atom stereocenters. The topological polar surface area (TPSA) is 21.7 Å². The number of benzene rings is 1. The molecule has 1 aromatic carbocycles. The van der Waals surface area contributed by atoms with Crippen molar-refractivity contribution >= 4 is 23.2 Å². The van der Waals surface area contributed by atoms with Crippen LogP contribution >= 0.6 is 23.2 Å². The van der Waals surface area contributed by atoms with Gasteiger partial charge in [-0.25, -0.2) is 0 Å². The molecule has 0 aliphatic carbocycles. The average Bonchev–Trinajstić information content (AvgIpc) is 2.49. The number of hydrogen-bond acceptors (Lipinski definition) is 3. The number of halogens is 2. The summed E-state index contributed by atoms with van der Waals surface area (Å²) in [6.45, 7) is 5.83. The van der Waals surface area contributed by atoms with Crippen molar-refractivity contribution in [2.75, 3.05) is 39.5 Å². The second kappa shape index (κ2) is 9.52. The molecule has 21 heavy (non-hydrogen) atoms. The minimum Gasteiger partial charge on any atom is -0.492 e. The Morgan fingerprint density at radius 3 is 2.57 bits per heavy atom. The Kier molecular flexibility index (Phi) is 7.65. The molecule has 1 saturated heterocycles. The standard InChI is InChI=1S/C16H23Cl2NO2/c17-14-5-6-16(15(18)13-14)21-10-4-2-1-3-7-19-8-11-20-12-9-19/h5-6,13H,1-4,7-12H2. The summed E-state index contributed by atoms with van der Waals surface area (Å²) in [6, 6.07) is 5.33. The maximum Gasteiger partial charge on any atom is 0.137 e. The van der Waals surface area contributed by atoms with Gasteiger partial charge >= 0.3 is 0 Å². The van der Waals surface area contributed by atoms with Crippen LogP contribution in [0.4, 0.5) is 0 Å². The van der Waals surface area contributed by atoms with E-state index in [4.69, 9.17) is 32.7 Å². The highest BCUT2D eigenvalue weighted by Crippen LogP contribution is 2.27. The van der Waals surface area contributed by atoms with Crippen LogP contribution < -0.4 is 4.74 Å². The van der Waals surface area contributed by atoms with Gasteiger partial charge in [0.2, 0.25) is 0 Å². The zero-order chi connectivity index (χ0) is 14.9. The molecule has 0 aromatic heterocycles. The van der Waals surface area contributed by atoms with Crippen LogP contribution in [0.2, 0.25) is 10.0 Å². The minimum atomic E-state index is 0.579. The fourth-order valence-corrected chi connectivity index (χ4v) is 2.85. The van der Waals surface area contributed by atoms with Crippen molar-refractivity contribution in [3.8, 4) is 5.75 Å². The molecule has 0 radical (unpaired) electrons. The monoisotopic (exact) mass is 331 g/mol. The van der Waals surface area contributed by atoms with Crippen molar-refractivity contribution in [2.24, 2.45) is 0 Å². The van der Waals surface area contributed by atoms with Crippen LogP contribution in [-0.2, 0) is 4.74 Å². The molecule has 0 bridgehead atoms. The fraction of sp³-hybridized carbons (Fsp3) is 0.625. The largest absolute Gasteiger partial charge is 0.492 e. The highest BCUT2D eigenvalue weighted by molar-refractivity contribution is 6.35. The molecule has 1 heterocycles.